The number of hydrogen-bond donors (Lipinski definition) is 2. The van der Waals surface area contributed by atoms with Gasteiger partial charge in [0.15, 0.2) is 0 Å². The second kappa shape index (κ2) is 6.84. The van der Waals surface area contributed by atoms with Gasteiger partial charge in [-0.25, -0.2) is 4.98 Å². The summed E-state index contributed by atoms with van der Waals surface area (Å²) in [4.78, 5) is 12.4. The first-order chi connectivity index (χ1) is 12.7. The minimum absolute atomic E-state index is 0.242. The van der Waals surface area contributed by atoms with Gasteiger partial charge in [-0.15, -0.1) is 0 Å². The average Bonchev–Trinajstić information content (AvgIpc) is 2.99. The van der Waals surface area contributed by atoms with Gasteiger partial charge in [0.1, 0.15) is 11.6 Å². The highest BCUT2D eigenvalue weighted by Crippen LogP contribution is 2.32. The van der Waals surface area contributed by atoms with Gasteiger partial charge in [0.25, 0.3) is 0 Å². The van der Waals surface area contributed by atoms with Crippen molar-refractivity contribution in [3.8, 4) is 28.4 Å². The van der Waals surface area contributed by atoms with Crippen LogP contribution in [-0.2, 0) is 0 Å². The number of rotatable bonds is 3. The molecular weight excluding hydrogens is 322 g/mol. The van der Waals surface area contributed by atoms with Crippen LogP contribution in [-0.4, -0.2) is 20.1 Å². The summed E-state index contributed by atoms with van der Waals surface area (Å²) in [5.41, 5.74) is 6.18. The lowest BCUT2D eigenvalue weighted by Gasteiger charge is -2.03. The largest absolute Gasteiger partial charge is 0.508 e. The fourth-order valence-corrected chi connectivity index (χ4v) is 2.97. The van der Waals surface area contributed by atoms with Crippen LogP contribution in [0.2, 0.25) is 0 Å². The summed E-state index contributed by atoms with van der Waals surface area (Å²) in [5.74, 6) is 1.01. The van der Waals surface area contributed by atoms with Crippen LogP contribution in [0.15, 0.2) is 78.7 Å². The van der Waals surface area contributed by atoms with Crippen molar-refractivity contribution in [2.45, 2.75) is 13.3 Å². The molecule has 0 fully saturated rings. The molecule has 0 bridgehead atoms. The topological polar surface area (TPSA) is 61.8 Å². The molecule has 26 heavy (non-hydrogen) atoms. The van der Waals surface area contributed by atoms with Gasteiger partial charge >= 0.3 is 0 Å². The first kappa shape index (κ1) is 16.1. The van der Waals surface area contributed by atoms with E-state index in [2.05, 4.69) is 41.2 Å². The lowest BCUT2D eigenvalue weighted by Crippen LogP contribution is -1.87. The van der Waals surface area contributed by atoms with Crippen molar-refractivity contribution in [1.29, 1.82) is 0 Å². The molecule has 0 amide bonds. The number of aromatic hydroxyl groups is 1. The van der Waals surface area contributed by atoms with Gasteiger partial charge in [-0.05, 0) is 55.3 Å². The number of aromatic nitrogens is 3. The van der Waals surface area contributed by atoms with Gasteiger partial charge in [-0.1, -0.05) is 29.9 Å². The number of H-pyrrole nitrogens is 1. The van der Waals surface area contributed by atoms with E-state index in [0.717, 1.165) is 40.3 Å². The Morgan fingerprint density at radius 1 is 0.923 bits per heavy atom. The summed E-state index contributed by atoms with van der Waals surface area (Å²) in [6.45, 7) is 2.10. The number of phenolic OH excluding ortho intramolecular Hbond substituents is 1. The quantitative estimate of drug-likeness (QED) is 0.694. The smallest absolute Gasteiger partial charge is 0.138 e. The summed E-state index contributed by atoms with van der Waals surface area (Å²) in [5, 5.41) is 9.54. The maximum absolute atomic E-state index is 9.54. The Morgan fingerprint density at radius 3 is 2.46 bits per heavy atom. The first-order valence-electron chi connectivity index (χ1n) is 8.56. The Morgan fingerprint density at radius 2 is 1.69 bits per heavy atom. The number of benzene rings is 1. The number of hydrogen-bond acceptors (Lipinski definition) is 3. The molecule has 1 aromatic carbocycles. The molecule has 4 nitrogen and oxygen atoms in total. The highest BCUT2D eigenvalue weighted by Gasteiger charge is 2.16. The Bertz CT molecular complexity index is 1010. The zero-order valence-electron chi connectivity index (χ0n) is 14.5. The van der Waals surface area contributed by atoms with E-state index < -0.39 is 0 Å². The third-order valence-corrected chi connectivity index (χ3v) is 4.39. The normalized spacial score (nSPS) is 13.9. The zero-order valence-corrected chi connectivity index (χ0v) is 14.5. The molecule has 0 radical (unpaired) electrons. The van der Waals surface area contributed by atoms with Gasteiger partial charge in [0.05, 0.1) is 11.4 Å². The van der Waals surface area contributed by atoms with E-state index in [-0.39, 0.29) is 5.75 Å². The average molecular weight is 341 g/mol. The van der Waals surface area contributed by atoms with E-state index in [1.54, 1.807) is 24.5 Å². The van der Waals surface area contributed by atoms with E-state index in [9.17, 15) is 5.11 Å². The van der Waals surface area contributed by atoms with Crippen molar-refractivity contribution in [3.05, 3.63) is 84.4 Å². The van der Waals surface area contributed by atoms with Gasteiger partial charge in [0.2, 0.25) is 0 Å². The van der Waals surface area contributed by atoms with E-state index >= 15 is 0 Å². The van der Waals surface area contributed by atoms with Crippen molar-refractivity contribution in [1.82, 2.24) is 15.0 Å². The second-order valence-electron chi connectivity index (χ2n) is 6.27. The summed E-state index contributed by atoms with van der Waals surface area (Å²) < 4.78 is 0. The maximum Gasteiger partial charge on any atom is 0.138 e. The van der Waals surface area contributed by atoms with E-state index in [4.69, 9.17) is 4.98 Å². The van der Waals surface area contributed by atoms with Crippen LogP contribution in [0.4, 0.5) is 0 Å². The molecule has 1 aliphatic carbocycles. The van der Waals surface area contributed by atoms with Crippen LogP contribution in [0.1, 0.15) is 19.0 Å². The van der Waals surface area contributed by atoms with Gasteiger partial charge in [-0.2, -0.15) is 0 Å². The van der Waals surface area contributed by atoms with Crippen LogP contribution in [0, 0.1) is 0 Å². The third kappa shape index (κ3) is 3.22. The van der Waals surface area contributed by atoms with Crippen LogP contribution in [0.25, 0.3) is 28.2 Å². The molecule has 2 aromatic heterocycles. The fourth-order valence-electron chi connectivity index (χ4n) is 2.97. The summed E-state index contributed by atoms with van der Waals surface area (Å²) in [7, 11) is 0. The Labute approximate surface area is 152 Å². The second-order valence-corrected chi connectivity index (χ2v) is 6.27. The number of nitrogens with zero attached hydrogens (tertiary/aromatic N) is 2. The predicted molar refractivity (Wildman–Crippen MR) is 104 cm³/mol. The van der Waals surface area contributed by atoms with Crippen LogP contribution in [0.5, 0.6) is 5.75 Å². The molecule has 2 heterocycles. The van der Waals surface area contributed by atoms with E-state index in [0.29, 0.717) is 0 Å². The van der Waals surface area contributed by atoms with Gasteiger partial charge < -0.3 is 10.1 Å². The molecule has 0 saturated heterocycles. The van der Waals surface area contributed by atoms with Crippen molar-refractivity contribution in [3.63, 3.8) is 0 Å². The van der Waals surface area contributed by atoms with Crippen LogP contribution in [0.3, 0.4) is 0 Å². The predicted octanol–water partition coefficient (Wildman–Crippen LogP) is 5.13. The van der Waals surface area contributed by atoms with E-state index in [1.165, 1.54) is 5.57 Å². The fraction of sp³-hybridized carbons (Fsp3) is 0.0909. The zero-order chi connectivity index (χ0) is 17.9. The van der Waals surface area contributed by atoms with Crippen LogP contribution < -0.4 is 0 Å². The molecule has 4 rings (SSSR count). The molecular formula is C22H19N3O. The summed E-state index contributed by atoms with van der Waals surface area (Å²) in [6, 6.07) is 11.0. The molecule has 128 valence electrons. The number of pyridine rings is 1. The highest BCUT2D eigenvalue weighted by atomic mass is 16.3. The minimum atomic E-state index is 0.242. The Balaban J connectivity index is 1.85. The van der Waals surface area contributed by atoms with Crippen molar-refractivity contribution < 1.29 is 5.11 Å². The first-order valence-corrected chi connectivity index (χ1v) is 8.56. The van der Waals surface area contributed by atoms with E-state index in [1.807, 2.05) is 24.3 Å². The number of imidazole rings is 1. The monoisotopic (exact) mass is 341 g/mol. The SMILES string of the molecule is CC1=CCC=C(c2nc(-c3ccc(O)cc3)[nH]c2-c2ccncc2)C=C1. The lowest BCUT2D eigenvalue weighted by atomic mass is 10.1. The molecule has 0 spiro atoms. The standard InChI is InChI=1S/C22H19N3O/c1-15-3-2-4-16(6-5-15)20-21(17-11-13-23-14-12-17)25-22(24-20)18-7-9-19(26)10-8-18/h3-14,26H,2H2,1H3,(H,24,25). The Kier molecular flexibility index (Phi) is 4.23. The molecule has 0 unspecified atom stereocenters. The number of allylic oxidation sites excluding steroid dienone is 6. The Hall–Kier alpha value is -3.40. The lowest BCUT2D eigenvalue weighted by molar-refractivity contribution is 0.475. The third-order valence-electron chi connectivity index (χ3n) is 4.39. The molecule has 0 saturated carbocycles. The molecule has 4 heteroatoms. The highest BCUT2D eigenvalue weighted by molar-refractivity contribution is 5.84. The van der Waals surface area contributed by atoms with Gasteiger partial charge in [0, 0.05) is 23.5 Å². The van der Waals surface area contributed by atoms with Gasteiger partial charge in [-0.3, -0.25) is 4.98 Å². The van der Waals surface area contributed by atoms with Crippen LogP contribution >= 0.6 is 0 Å². The number of nitrogens with one attached hydrogen (secondary N) is 1. The number of phenols is 1. The number of aromatic amines is 1. The molecule has 3 aromatic rings. The molecule has 1 aliphatic rings. The maximum atomic E-state index is 9.54. The molecule has 0 aliphatic heterocycles. The summed E-state index contributed by atoms with van der Waals surface area (Å²) >= 11 is 0. The molecule has 0 atom stereocenters. The molecule has 2 N–H and O–H groups in total. The van der Waals surface area contributed by atoms with Crippen molar-refractivity contribution in [2.75, 3.05) is 0 Å². The summed E-state index contributed by atoms with van der Waals surface area (Å²) in [6.07, 6.45) is 13.1. The minimum Gasteiger partial charge on any atom is -0.508 e. The van der Waals surface area contributed by atoms with Crippen molar-refractivity contribution in [2.24, 2.45) is 0 Å². The van der Waals surface area contributed by atoms with Crippen molar-refractivity contribution >= 4 is 5.57 Å².